The Morgan fingerprint density at radius 2 is 2.14 bits per heavy atom. The molecule has 0 aliphatic carbocycles. The summed E-state index contributed by atoms with van der Waals surface area (Å²) in [5, 5.41) is 1.10. The summed E-state index contributed by atoms with van der Waals surface area (Å²) >= 11 is 0. The molecule has 2 aromatic rings. The number of nitrogens with two attached hydrogens (primary N) is 1. The van der Waals surface area contributed by atoms with E-state index in [1.807, 2.05) is 30.3 Å². The molecular weight excluding hydrogens is 172 g/mol. The molecule has 1 aromatic heterocycles. The van der Waals surface area contributed by atoms with Gasteiger partial charge in [0, 0.05) is 17.6 Å². The van der Waals surface area contributed by atoms with Crippen LogP contribution in [0.5, 0.6) is 0 Å². The molecule has 0 spiro atoms. The van der Waals surface area contributed by atoms with E-state index in [2.05, 4.69) is 11.6 Å². The molecule has 1 unspecified atom stereocenters. The molecule has 0 radical (unpaired) electrons. The first kappa shape index (κ1) is 8.91. The zero-order chi connectivity index (χ0) is 9.97. The van der Waals surface area contributed by atoms with Crippen LogP contribution < -0.4 is 5.73 Å². The fourth-order valence-corrected chi connectivity index (χ4v) is 1.54. The Hall–Kier alpha value is -1.67. The molecule has 2 N–H and O–H groups in total. The van der Waals surface area contributed by atoms with Gasteiger partial charge in [-0.1, -0.05) is 24.3 Å². The summed E-state index contributed by atoms with van der Waals surface area (Å²) in [6.45, 7) is 3.70. The second-order valence-electron chi connectivity index (χ2n) is 3.18. The molecule has 0 amide bonds. The minimum atomic E-state index is -0.122. The van der Waals surface area contributed by atoms with Crippen LogP contribution in [0.15, 0.2) is 49.2 Å². The van der Waals surface area contributed by atoms with Crippen LogP contribution in [0.25, 0.3) is 10.9 Å². The normalized spacial score (nSPS) is 12.6. The largest absolute Gasteiger partial charge is 0.321 e. The maximum absolute atomic E-state index is 5.91. The Kier molecular flexibility index (Phi) is 2.29. The van der Waals surface area contributed by atoms with Gasteiger partial charge in [0.1, 0.15) is 0 Å². The Labute approximate surface area is 83.1 Å². The molecule has 0 aliphatic heterocycles. The van der Waals surface area contributed by atoms with E-state index in [1.165, 1.54) is 0 Å². The Bertz CT molecular complexity index is 457. The number of aromatic nitrogens is 1. The zero-order valence-corrected chi connectivity index (χ0v) is 7.85. The molecule has 2 heteroatoms. The standard InChI is InChI=1S/C12H12N2/c1-2-11(13)9-5-3-7-12-10(9)6-4-8-14-12/h2-8,11H,1,13H2. The average molecular weight is 184 g/mol. The van der Waals surface area contributed by atoms with Crippen LogP contribution in [0.4, 0.5) is 0 Å². The van der Waals surface area contributed by atoms with E-state index in [4.69, 9.17) is 5.73 Å². The topological polar surface area (TPSA) is 38.9 Å². The molecular formula is C12H12N2. The molecule has 1 atom stereocenters. The quantitative estimate of drug-likeness (QED) is 0.728. The number of hydrogen-bond donors (Lipinski definition) is 1. The number of fused-ring (bicyclic) bond motifs is 1. The fraction of sp³-hybridized carbons (Fsp3) is 0.0833. The lowest BCUT2D eigenvalue weighted by molar-refractivity contribution is 0.924. The van der Waals surface area contributed by atoms with Gasteiger partial charge in [-0.25, -0.2) is 0 Å². The smallest absolute Gasteiger partial charge is 0.0705 e. The summed E-state index contributed by atoms with van der Waals surface area (Å²) in [6, 6.07) is 9.78. The predicted molar refractivity (Wildman–Crippen MR) is 58.9 cm³/mol. The third-order valence-corrected chi connectivity index (χ3v) is 2.29. The molecule has 1 heterocycles. The summed E-state index contributed by atoms with van der Waals surface area (Å²) in [4.78, 5) is 4.27. The van der Waals surface area contributed by atoms with Crippen molar-refractivity contribution in [2.75, 3.05) is 0 Å². The summed E-state index contributed by atoms with van der Waals surface area (Å²) in [5.74, 6) is 0. The van der Waals surface area contributed by atoms with Gasteiger partial charge in [-0.3, -0.25) is 4.98 Å². The van der Waals surface area contributed by atoms with Crippen LogP contribution in [0.3, 0.4) is 0 Å². The lowest BCUT2D eigenvalue weighted by atomic mass is 10.0. The van der Waals surface area contributed by atoms with Crippen LogP contribution >= 0.6 is 0 Å². The minimum Gasteiger partial charge on any atom is -0.321 e. The van der Waals surface area contributed by atoms with Crippen molar-refractivity contribution >= 4 is 10.9 Å². The summed E-state index contributed by atoms with van der Waals surface area (Å²) < 4.78 is 0. The van der Waals surface area contributed by atoms with Crippen LogP contribution in [0.2, 0.25) is 0 Å². The van der Waals surface area contributed by atoms with Crippen LogP contribution in [-0.4, -0.2) is 4.98 Å². The van der Waals surface area contributed by atoms with E-state index in [9.17, 15) is 0 Å². The van der Waals surface area contributed by atoms with E-state index < -0.39 is 0 Å². The number of benzene rings is 1. The first-order chi connectivity index (χ1) is 6.83. The number of hydrogen-bond acceptors (Lipinski definition) is 2. The van der Waals surface area contributed by atoms with Gasteiger partial charge in [-0.2, -0.15) is 0 Å². The van der Waals surface area contributed by atoms with Gasteiger partial charge in [-0.15, -0.1) is 6.58 Å². The van der Waals surface area contributed by atoms with E-state index in [-0.39, 0.29) is 6.04 Å². The fourth-order valence-electron chi connectivity index (χ4n) is 1.54. The highest BCUT2D eigenvalue weighted by molar-refractivity contribution is 5.82. The second kappa shape index (κ2) is 3.60. The van der Waals surface area contributed by atoms with Gasteiger partial charge < -0.3 is 5.73 Å². The molecule has 0 fully saturated rings. The van der Waals surface area contributed by atoms with Crippen LogP contribution in [0, 0.1) is 0 Å². The highest BCUT2D eigenvalue weighted by atomic mass is 14.7. The van der Waals surface area contributed by atoms with Gasteiger partial charge in [0.15, 0.2) is 0 Å². The number of pyridine rings is 1. The van der Waals surface area contributed by atoms with Crippen molar-refractivity contribution in [1.29, 1.82) is 0 Å². The minimum absolute atomic E-state index is 0.122. The van der Waals surface area contributed by atoms with E-state index >= 15 is 0 Å². The molecule has 0 aliphatic rings. The van der Waals surface area contributed by atoms with Gasteiger partial charge in [0.25, 0.3) is 0 Å². The van der Waals surface area contributed by atoms with Crippen molar-refractivity contribution in [3.8, 4) is 0 Å². The van der Waals surface area contributed by atoms with Crippen molar-refractivity contribution in [2.24, 2.45) is 5.73 Å². The second-order valence-corrected chi connectivity index (χ2v) is 3.18. The molecule has 2 rings (SSSR count). The Morgan fingerprint density at radius 1 is 1.29 bits per heavy atom. The van der Waals surface area contributed by atoms with E-state index in [0.29, 0.717) is 0 Å². The van der Waals surface area contributed by atoms with E-state index in [1.54, 1.807) is 12.3 Å². The molecule has 14 heavy (non-hydrogen) atoms. The summed E-state index contributed by atoms with van der Waals surface area (Å²) in [7, 11) is 0. The average Bonchev–Trinajstić information content (AvgIpc) is 2.27. The molecule has 0 saturated carbocycles. The summed E-state index contributed by atoms with van der Waals surface area (Å²) in [6.07, 6.45) is 3.52. The molecule has 1 aromatic carbocycles. The molecule has 70 valence electrons. The monoisotopic (exact) mass is 184 g/mol. The summed E-state index contributed by atoms with van der Waals surface area (Å²) in [5.41, 5.74) is 7.96. The zero-order valence-electron chi connectivity index (χ0n) is 7.85. The van der Waals surface area contributed by atoms with Gasteiger partial charge in [0.05, 0.1) is 5.52 Å². The Morgan fingerprint density at radius 3 is 2.93 bits per heavy atom. The van der Waals surface area contributed by atoms with Crippen molar-refractivity contribution in [1.82, 2.24) is 4.98 Å². The first-order valence-electron chi connectivity index (χ1n) is 4.54. The lowest BCUT2D eigenvalue weighted by Crippen LogP contribution is -2.06. The first-order valence-corrected chi connectivity index (χ1v) is 4.54. The third-order valence-electron chi connectivity index (χ3n) is 2.29. The molecule has 2 nitrogen and oxygen atoms in total. The number of nitrogens with zero attached hydrogens (tertiary/aromatic N) is 1. The Balaban J connectivity index is 2.70. The maximum Gasteiger partial charge on any atom is 0.0705 e. The number of rotatable bonds is 2. The van der Waals surface area contributed by atoms with E-state index in [0.717, 1.165) is 16.5 Å². The SMILES string of the molecule is C=CC(N)c1cccc2ncccc12. The van der Waals surface area contributed by atoms with Gasteiger partial charge >= 0.3 is 0 Å². The van der Waals surface area contributed by atoms with Gasteiger partial charge in [0.2, 0.25) is 0 Å². The van der Waals surface area contributed by atoms with Crippen molar-refractivity contribution in [2.45, 2.75) is 6.04 Å². The highest BCUT2D eigenvalue weighted by Crippen LogP contribution is 2.21. The lowest BCUT2D eigenvalue weighted by Gasteiger charge is -2.09. The predicted octanol–water partition coefficient (Wildman–Crippen LogP) is 2.42. The van der Waals surface area contributed by atoms with Crippen LogP contribution in [0.1, 0.15) is 11.6 Å². The van der Waals surface area contributed by atoms with Crippen molar-refractivity contribution in [3.05, 3.63) is 54.7 Å². The maximum atomic E-state index is 5.91. The highest BCUT2D eigenvalue weighted by Gasteiger charge is 2.05. The third kappa shape index (κ3) is 1.40. The van der Waals surface area contributed by atoms with Crippen LogP contribution in [-0.2, 0) is 0 Å². The van der Waals surface area contributed by atoms with Gasteiger partial charge in [-0.05, 0) is 17.7 Å². The van der Waals surface area contributed by atoms with Crippen molar-refractivity contribution in [3.63, 3.8) is 0 Å². The molecule has 0 bridgehead atoms. The van der Waals surface area contributed by atoms with Crippen molar-refractivity contribution < 1.29 is 0 Å². The molecule has 0 saturated heterocycles.